The molecule has 4 heteroatoms. The number of ether oxygens (including phenoxy) is 1. The summed E-state index contributed by atoms with van der Waals surface area (Å²) in [6, 6.07) is 0. The number of nitrogens with one attached hydrogen (secondary N) is 1. The summed E-state index contributed by atoms with van der Waals surface area (Å²) >= 11 is 0. The van der Waals surface area contributed by atoms with Crippen molar-refractivity contribution in [1.29, 1.82) is 0 Å². The highest BCUT2D eigenvalue weighted by Crippen LogP contribution is 2.22. The van der Waals surface area contributed by atoms with Crippen molar-refractivity contribution in [3.05, 3.63) is 0 Å². The molecule has 64 valence electrons. The molecule has 1 saturated heterocycles. The Morgan fingerprint density at radius 3 is 3.09 bits per heavy atom. The van der Waals surface area contributed by atoms with E-state index in [9.17, 15) is 4.79 Å². The molecule has 0 aromatic rings. The van der Waals surface area contributed by atoms with Gasteiger partial charge in [0.1, 0.15) is 0 Å². The van der Waals surface area contributed by atoms with Gasteiger partial charge in [-0.25, -0.2) is 5.48 Å². The highest BCUT2D eigenvalue weighted by molar-refractivity contribution is 5.78. The molecule has 0 aromatic carbocycles. The first-order chi connectivity index (χ1) is 5.29. The van der Waals surface area contributed by atoms with Gasteiger partial charge in [-0.3, -0.25) is 10.0 Å². The van der Waals surface area contributed by atoms with E-state index in [2.05, 4.69) is 0 Å². The minimum Gasteiger partial charge on any atom is -0.377 e. The predicted molar refractivity (Wildman–Crippen MR) is 38.1 cm³/mol. The van der Waals surface area contributed by atoms with Gasteiger partial charge >= 0.3 is 0 Å². The van der Waals surface area contributed by atoms with Crippen molar-refractivity contribution in [1.82, 2.24) is 5.48 Å². The molecule has 0 aromatic heterocycles. The molecule has 0 aliphatic carbocycles. The monoisotopic (exact) mass is 159 g/mol. The zero-order chi connectivity index (χ0) is 8.27. The Hall–Kier alpha value is -0.610. The summed E-state index contributed by atoms with van der Waals surface area (Å²) in [7, 11) is 0. The maximum atomic E-state index is 10.9. The molecule has 11 heavy (non-hydrogen) atoms. The number of rotatable bonds is 2. The van der Waals surface area contributed by atoms with Gasteiger partial charge in [0.25, 0.3) is 0 Å². The molecule has 1 aliphatic rings. The van der Waals surface area contributed by atoms with Gasteiger partial charge in [-0.2, -0.15) is 0 Å². The van der Waals surface area contributed by atoms with Gasteiger partial charge in [0, 0.05) is 6.61 Å². The third-order valence-corrected chi connectivity index (χ3v) is 2.06. The van der Waals surface area contributed by atoms with E-state index >= 15 is 0 Å². The lowest BCUT2D eigenvalue weighted by molar-refractivity contribution is -0.135. The quantitative estimate of drug-likeness (QED) is 0.450. The summed E-state index contributed by atoms with van der Waals surface area (Å²) in [6.45, 7) is 2.59. The Morgan fingerprint density at radius 2 is 2.55 bits per heavy atom. The standard InChI is InChI=1S/C7H13NO3/c1-2-6-5(3-4-11-6)7(9)8-10/h5-6,10H,2-4H2,1H3,(H,8,9). The van der Waals surface area contributed by atoms with Crippen LogP contribution in [0.3, 0.4) is 0 Å². The van der Waals surface area contributed by atoms with Crippen molar-refractivity contribution < 1.29 is 14.7 Å². The maximum absolute atomic E-state index is 10.9. The summed E-state index contributed by atoms with van der Waals surface area (Å²) in [5.74, 6) is -0.487. The van der Waals surface area contributed by atoms with Crippen molar-refractivity contribution in [2.75, 3.05) is 6.61 Å². The van der Waals surface area contributed by atoms with Crippen LogP contribution in [0.4, 0.5) is 0 Å². The van der Waals surface area contributed by atoms with Gasteiger partial charge in [0.15, 0.2) is 0 Å². The van der Waals surface area contributed by atoms with E-state index in [-0.39, 0.29) is 17.9 Å². The van der Waals surface area contributed by atoms with Crippen LogP contribution in [0.25, 0.3) is 0 Å². The minimum atomic E-state index is -0.325. The lowest BCUT2D eigenvalue weighted by atomic mass is 9.99. The van der Waals surface area contributed by atoms with Crippen molar-refractivity contribution in [3.63, 3.8) is 0 Å². The fourth-order valence-electron chi connectivity index (χ4n) is 1.43. The van der Waals surface area contributed by atoms with E-state index in [1.807, 2.05) is 6.92 Å². The van der Waals surface area contributed by atoms with Crippen molar-refractivity contribution in [3.8, 4) is 0 Å². The van der Waals surface area contributed by atoms with Crippen LogP contribution in [0.1, 0.15) is 19.8 Å². The van der Waals surface area contributed by atoms with Crippen LogP contribution in [0.15, 0.2) is 0 Å². The van der Waals surface area contributed by atoms with Gasteiger partial charge < -0.3 is 4.74 Å². The predicted octanol–water partition coefficient (Wildman–Crippen LogP) is 0.307. The number of amides is 1. The van der Waals surface area contributed by atoms with E-state index in [1.165, 1.54) is 0 Å². The number of hydrogen-bond acceptors (Lipinski definition) is 3. The third kappa shape index (κ3) is 1.70. The van der Waals surface area contributed by atoms with E-state index < -0.39 is 0 Å². The van der Waals surface area contributed by atoms with E-state index in [1.54, 1.807) is 5.48 Å². The Bertz CT molecular complexity index is 149. The zero-order valence-electron chi connectivity index (χ0n) is 6.54. The first-order valence-electron chi connectivity index (χ1n) is 3.85. The molecule has 1 fully saturated rings. The molecule has 1 rings (SSSR count). The van der Waals surface area contributed by atoms with Gasteiger partial charge in [0.05, 0.1) is 12.0 Å². The fourth-order valence-corrected chi connectivity index (χ4v) is 1.43. The molecule has 0 spiro atoms. The number of carbonyl (C=O) groups is 1. The van der Waals surface area contributed by atoms with Gasteiger partial charge in [-0.1, -0.05) is 6.92 Å². The van der Waals surface area contributed by atoms with E-state index in [0.717, 1.165) is 6.42 Å². The summed E-state index contributed by atoms with van der Waals surface area (Å²) in [6.07, 6.45) is 1.52. The molecular weight excluding hydrogens is 146 g/mol. The average Bonchev–Trinajstić information content (AvgIpc) is 2.50. The average molecular weight is 159 g/mol. The number of carbonyl (C=O) groups excluding carboxylic acids is 1. The first kappa shape index (κ1) is 8.49. The zero-order valence-corrected chi connectivity index (χ0v) is 6.54. The van der Waals surface area contributed by atoms with Crippen LogP contribution in [0.2, 0.25) is 0 Å². The van der Waals surface area contributed by atoms with Crippen molar-refractivity contribution in [2.45, 2.75) is 25.9 Å². The second-order valence-electron chi connectivity index (χ2n) is 2.69. The SMILES string of the molecule is CCC1OCCC1C(=O)NO. The topological polar surface area (TPSA) is 58.6 Å². The molecule has 1 amide bonds. The van der Waals surface area contributed by atoms with Crippen LogP contribution in [-0.2, 0) is 9.53 Å². The van der Waals surface area contributed by atoms with Gasteiger partial charge in [0.2, 0.25) is 5.91 Å². The van der Waals surface area contributed by atoms with Gasteiger partial charge in [-0.05, 0) is 12.8 Å². The molecular formula is C7H13NO3. The Balaban J connectivity index is 2.49. The second-order valence-corrected chi connectivity index (χ2v) is 2.69. The molecule has 1 aliphatic heterocycles. The molecule has 2 atom stereocenters. The molecule has 0 bridgehead atoms. The lowest BCUT2D eigenvalue weighted by Gasteiger charge is -2.13. The lowest BCUT2D eigenvalue weighted by Crippen LogP contribution is -2.32. The van der Waals surface area contributed by atoms with Crippen LogP contribution >= 0.6 is 0 Å². The maximum Gasteiger partial charge on any atom is 0.249 e. The van der Waals surface area contributed by atoms with Crippen molar-refractivity contribution in [2.24, 2.45) is 5.92 Å². The Labute approximate surface area is 65.5 Å². The molecule has 1 heterocycles. The van der Waals surface area contributed by atoms with Crippen LogP contribution in [0, 0.1) is 5.92 Å². The van der Waals surface area contributed by atoms with E-state index in [0.29, 0.717) is 13.0 Å². The Kier molecular flexibility index (Phi) is 2.84. The van der Waals surface area contributed by atoms with Crippen LogP contribution in [0.5, 0.6) is 0 Å². The third-order valence-electron chi connectivity index (χ3n) is 2.06. The van der Waals surface area contributed by atoms with Crippen LogP contribution in [-0.4, -0.2) is 23.8 Å². The smallest absolute Gasteiger partial charge is 0.249 e. The van der Waals surface area contributed by atoms with Gasteiger partial charge in [-0.15, -0.1) is 0 Å². The first-order valence-corrected chi connectivity index (χ1v) is 3.85. The second kappa shape index (κ2) is 3.69. The number of hydrogen-bond donors (Lipinski definition) is 2. The molecule has 0 radical (unpaired) electrons. The molecule has 0 saturated carbocycles. The largest absolute Gasteiger partial charge is 0.377 e. The highest BCUT2D eigenvalue weighted by Gasteiger charge is 2.32. The molecule has 4 nitrogen and oxygen atoms in total. The molecule has 2 unspecified atom stereocenters. The normalized spacial score (nSPS) is 30.4. The summed E-state index contributed by atoms with van der Waals surface area (Å²) in [4.78, 5) is 10.9. The highest BCUT2D eigenvalue weighted by atomic mass is 16.5. The van der Waals surface area contributed by atoms with E-state index in [4.69, 9.17) is 9.94 Å². The fraction of sp³-hybridized carbons (Fsp3) is 0.857. The van der Waals surface area contributed by atoms with Crippen molar-refractivity contribution >= 4 is 5.91 Å². The summed E-state index contributed by atoms with van der Waals surface area (Å²) in [5, 5.41) is 8.35. The summed E-state index contributed by atoms with van der Waals surface area (Å²) in [5.41, 5.74) is 1.65. The molecule has 2 N–H and O–H groups in total. The Morgan fingerprint density at radius 1 is 1.82 bits per heavy atom. The number of hydroxylamine groups is 1. The van der Waals surface area contributed by atoms with Crippen LogP contribution < -0.4 is 5.48 Å². The summed E-state index contributed by atoms with van der Waals surface area (Å²) < 4.78 is 5.27. The minimum absolute atomic E-state index is 0.0119.